The number of aliphatic carboxylic acids is 1. The molecule has 0 atom stereocenters. The maximum Gasteiger partial charge on any atom is 0.341 e. The minimum Gasteiger partial charge on any atom is -0.494 e. The Labute approximate surface area is 212 Å². The van der Waals surface area contributed by atoms with Crippen LogP contribution in [0.15, 0.2) is 36.5 Å². The summed E-state index contributed by atoms with van der Waals surface area (Å²) in [6, 6.07) is 9.03. The molecule has 2 fully saturated rings. The number of aromatic nitrogens is 3. The third-order valence-electron chi connectivity index (χ3n) is 8.17. The molecule has 194 valence electrons. The summed E-state index contributed by atoms with van der Waals surface area (Å²) in [6.07, 6.45) is 4.26. The molecule has 37 heavy (non-hydrogen) atoms. The molecular weight excluding hydrogens is 480 g/mol. The number of aromatic amines is 1. The molecule has 1 aliphatic heterocycles. The van der Waals surface area contributed by atoms with Gasteiger partial charge in [0, 0.05) is 47.4 Å². The van der Waals surface area contributed by atoms with E-state index in [0.717, 1.165) is 51.6 Å². The number of nitrogens with one attached hydrogen (secondary N) is 1. The molecule has 2 aromatic carbocycles. The van der Waals surface area contributed by atoms with Gasteiger partial charge in [0.2, 0.25) is 5.67 Å². The molecule has 2 aliphatic rings. The molecule has 0 unspecified atom stereocenters. The monoisotopic (exact) mass is 509 g/mol. The zero-order valence-electron chi connectivity index (χ0n) is 20.6. The summed E-state index contributed by atoms with van der Waals surface area (Å²) in [7, 11) is 1.45. The maximum absolute atomic E-state index is 15.0. The van der Waals surface area contributed by atoms with Gasteiger partial charge >= 0.3 is 5.97 Å². The van der Waals surface area contributed by atoms with Crippen molar-refractivity contribution in [3.63, 3.8) is 0 Å². The number of halogens is 2. The molecule has 6 rings (SSSR count). The average Bonchev–Trinajstić information content (AvgIpc) is 3.50. The fourth-order valence-corrected chi connectivity index (χ4v) is 6.21. The molecule has 0 bridgehead atoms. The Kier molecular flexibility index (Phi) is 5.90. The topological polar surface area (TPSA) is 89.4 Å². The number of ether oxygens (including phenoxy) is 2. The van der Waals surface area contributed by atoms with E-state index in [1.165, 1.54) is 13.2 Å². The molecule has 4 aromatic rings. The van der Waals surface area contributed by atoms with Crippen LogP contribution in [0, 0.1) is 5.82 Å². The van der Waals surface area contributed by atoms with Gasteiger partial charge in [-0.2, -0.15) is 5.10 Å². The van der Waals surface area contributed by atoms with Gasteiger partial charge in [0.25, 0.3) is 0 Å². The first-order valence-corrected chi connectivity index (χ1v) is 12.7. The Morgan fingerprint density at radius 1 is 1.16 bits per heavy atom. The first-order chi connectivity index (χ1) is 17.9. The van der Waals surface area contributed by atoms with E-state index in [1.54, 1.807) is 18.3 Å². The fraction of sp³-hybridized carbons (Fsp3) is 0.429. The second kappa shape index (κ2) is 9.13. The van der Waals surface area contributed by atoms with Gasteiger partial charge in [-0.1, -0.05) is 0 Å². The molecular formula is C28H29F2N3O4. The number of H-pyrrole nitrogens is 1. The predicted molar refractivity (Wildman–Crippen MR) is 135 cm³/mol. The van der Waals surface area contributed by atoms with E-state index < -0.39 is 17.5 Å². The summed E-state index contributed by atoms with van der Waals surface area (Å²) in [5.74, 6) is -1.49. The van der Waals surface area contributed by atoms with Crippen LogP contribution in [0.25, 0.3) is 27.5 Å². The lowest BCUT2D eigenvalue weighted by Gasteiger charge is -2.33. The number of hydrogen-bond acceptors (Lipinski definition) is 4. The van der Waals surface area contributed by atoms with Crippen molar-refractivity contribution in [1.29, 1.82) is 0 Å². The standard InChI is InChI=1S/C28H29F2N3O4/c1-36-24-13-19(2-3-21(24)29)33-23-12-18-15-31-32-22(18)14-20(23)25(26(33)17-6-10-37-11-7-17)16-4-8-28(30,9-5-16)27(34)35/h2-3,12-17H,4-11H2,1H3,(H,31,32)(H,34,35)/t16-,28+. The van der Waals surface area contributed by atoms with Gasteiger partial charge in [0.15, 0.2) is 11.6 Å². The number of nitrogens with zero attached hydrogens (tertiary/aromatic N) is 2. The maximum atomic E-state index is 15.0. The van der Waals surface area contributed by atoms with Gasteiger partial charge in [0.05, 0.1) is 24.3 Å². The molecule has 0 spiro atoms. The summed E-state index contributed by atoms with van der Waals surface area (Å²) >= 11 is 0. The predicted octanol–water partition coefficient (Wildman–Crippen LogP) is 6.00. The Hall–Kier alpha value is -3.46. The average molecular weight is 510 g/mol. The van der Waals surface area contributed by atoms with Crippen molar-refractivity contribution >= 4 is 27.8 Å². The second-order valence-corrected chi connectivity index (χ2v) is 10.2. The molecule has 2 N–H and O–H groups in total. The first-order valence-electron chi connectivity index (χ1n) is 12.7. The molecule has 9 heteroatoms. The number of methoxy groups -OCH3 is 1. The SMILES string of the molecule is COc1cc(-n2c(C3CCOCC3)c([C@H]3CC[C@](F)(C(=O)O)CC3)c3cc4[nH]ncc4cc32)ccc1F. The van der Waals surface area contributed by atoms with Crippen LogP contribution < -0.4 is 4.74 Å². The number of carboxylic acids is 1. The highest BCUT2D eigenvalue weighted by Crippen LogP contribution is 2.48. The minimum absolute atomic E-state index is 0.00691. The highest BCUT2D eigenvalue weighted by atomic mass is 19.1. The minimum atomic E-state index is -2.19. The van der Waals surface area contributed by atoms with Gasteiger partial charge < -0.3 is 19.1 Å². The zero-order chi connectivity index (χ0) is 25.7. The van der Waals surface area contributed by atoms with Crippen LogP contribution >= 0.6 is 0 Å². The van der Waals surface area contributed by atoms with Crippen molar-refractivity contribution in [1.82, 2.24) is 14.8 Å². The van der Waals surface area contributed by atoms with E-state index in [0.29, 0.717) is 26.1 Å². The quantitative estimate of drug-likeness (QED) is 0.345. The van der Waals surface area contributed by atoms with Gasteiger partial charge in [-0.05, 0) is 74.3 Å². The largest absolute Gasteiger partial charge is 0.494 e. The van der Waals surface area contributed by atoms with E-state index in [-0.39, 0.29) is 30.4 Å². The smallest absolute Gasteiger partial charge is 0.341 e. The summed E-state index contributed by atoms with van der Waals surface area (Å²) < 4.78 is 42.6. The number of hydrogen-bond donors (Lipinski definition) is 2. The lowest BCUT2D eigenvalue weighted by atomic mass is 9.75. The van der Waals surface area contributed by atoms with Crippen LogP contribution in [-0.4, -0.2) is 51.8 Å². The number of fused-ring (bicyclic) bond motifs is 2. The highest BCUT2D eigenvalue weighted by Gasteiger charge is 2.44. The van der Waals surface area contributed by atoms with Gasteiger partial charge in [-0.15, -0.1) is 0 Å². The van der Waals surface area contributed by atoms with E-state index in [2.05, 4.69) is 26.9 Å². The Morgan fingerprint density at radius 3 is 2.62 bits per heavy atom. The molecule has 0 amide bonds. The highest BCUT2D eigenvalue weighted by molar-refractivity contribution is 5.99. The molecule has 1 saturated carbocycles. The van der Waals surface area contributed by atoms with Crippen LogP contribution in [0.3, 0.4) is 0 Å². The lowest BCUT2D eigenvalue weighted by molar-refractivity contribution is -0.153. The Bertz CT molecular complexity index is 1480. The molecule has 1 aliphatic carbocycles. The van der Waals surface area contributed by atoms with Gasteiger partial charge in [0.1, 0.15) is 0 Å². The number of benzene rings is 2. The van der Waals surface area contributed by atoms with Crippen molar-refractivity contribution in [2.75, 3.05) is 20.3 Å². The summed E-state index contributed by atoms with van der Waals surface area (Å²) in [5, 5.41) is 18.7. The number of carbonyl (C=O) groups is 1. The molecule has 0 radical (unpaired) electrons. The lowest BCUT2D eigenvalue weighted by Crippen LogP contribution is -2.37. The van der Waals surface area contributed by atoms with Crippen molar-refractivity contribution in [2.45, 2.75) is 56.0 Å². The van der Waals surface area contributed by atoms with Gasteiger partial charge in [-0.25, -0.2) is 13.6 Å². The Morgan fingerprint density at radius 2 is 1.92 bits per heavy atom. The van der Waals surface area contributed by atoms with Crippen LogP contribution in [0.2, 0.25) is 0 Å². The van der Waals surface area contributed by atoms with Crippen molar-refractivity contribution in [3.8, 4) is 11.4 Å². The Balaban J connectivity index is 1.61. The third-order valence-corrected chi connectivity index (χ3v) is 8.17. The third kappa shape index (κ3) is 3.96. The summed E-state index contributed by atoms with van der Waals surface area (Å²) in [5.41, 5.74) is 2.67. The first kappa shape index (κ1) is 23.9. The fourth-order valence-electron chi connectivity index (χ4n) is 6.21. The number of carboxylic acid groups (broad SMARTS) is 1. The van der Waals surface area contributed by atoms with E-state index in [9.17, 15) is 14.3 Å². The molecule has 7 nitrogen and oxygen atoms in total. The van der Waals surface area contributed by atoms with Crippen molar-refractivity contribution < 1.29 is 28.2 Å². The normalized spacial score (nSPS) is 23.1. The number of rotatable bonds is 5. The second-order valence-electron chi connectivity index (χ2n) is 10.2. The van der Waals surface area contributed by atoms with Crippen LogP contribution in [0.5, 0.6) is 5.75 Å². The summed E-state index contributed by atoms with van der Waals surface area (Å²) in [4.78, 5) is 11.6. The van der Waals surface area contributed by atoms with Gasteiger partial charge in [-0.3, -0.25) is 5.10 Å². The van der Waals surface area contributed by atoms with E-state index in [4.69, 9.17) is 9.47 Å². The van der Waals surface area contributed by atoms with Crippen LogP contribution in [0.4, 0.5) is 8.78 Å². The number of alkyl halides is 1. The van der Waals surface area contributed by atoms with Crippen molar-refractivity contribution in [3.05, 3.63) is 53.6 Å². The van der Waals surface area contributed by atoms with Crippen LogP contribution in [0.1, 0.15) is 61.6 Å². The van der Waals surface area contributed by atoms with E-state index >= 15 is 4.39 Å². The van der Waals surface area contributed by atoms with Crippen molar-refractivity contribution in [2.24, 2.45) is 0 Å². The van der Waals surface area contributed by atoms with Crippen LogP contribution in [-0.2, 0) is 9.53 Å². The zero-order valence-corrected chi connectivity index (χ0v) is 20.6. The summed E-state index contributed by atoms with van der Waals surface area (Å²) in [6.45, 7) is 1.28. The van der Waals surface area contributed by atoms with E-state index in [1.807, 2.05) is 0 Å². The molecule has 1 saturated heterocycles. The molecule has 2 aromatic heterocycles. The molecule has 3 heterocycles.